The summed E-state index contributed by atoms with van der Waals surface area (Å²) in [6.45, 7) is 0. The Morgan fingerprint density at radius 2 is 1.33 bits per heavy atom. The van der Waals surface area contributed by atoms with Crippen LogP contribution >= 0.6 is 0 Å². The van der Waals surface area contributed by atoms with Gasteiger partial charge in [0.25, 0.3) is 5.78 Å². The van der Waals surface area contributed by atoms with Crippen molar-refractivity contribution in [2.45, 2.75) is 0 Å². The van der Waals surface area contributed by atoms with Crippen LogP contribution in [0.1, 0.15) is 10.4 Å². The molecule has 0 radical (unpaired) electrons. The van der Waals surface area contributed by atoms with E-state index in [0.29, 0.717) is 5.56 Å². The second kappa shape index (κ2) is 5.21. The van der Waals surface area contributed by atoms with Crippen molar-refractivity contribution in [3.63, 3.8) is 0 Å². The summed E-state index contributed by atoms with van der Waals surface area (Å²) >= 11 is 0. The number of benzene rings is 3. The Morgan fingerprint density at radius 1 is 0.714 bits per heavy atom. The summed E-state index contributed by atoms with van der Waals surface area (Å²) in [5.41, 5.74) is 1.71. The molecule has 0 aromatic heterocycles. The van der Waals surface area contributed by atoms with Gasteiger partial charge in [0, 0.05) is 5.56 Å². The predicted octanol–water partition coefficient (Wildman–Crippen LogP) is 3.77. The van der Waals surface area contributed by atoms with Crippen LogP contribution in [0.25, 0.3) is 21.9 Å². The summed E-state index contributed by atoms with van der Waals surface area (Å²) in [5, 5.41) is 11.0. The van der Waals surface area contributed by atoms with Crippen LogP contribution in [-0.2, 0) is 4.79 Å². The number of aliphatic carboxylic acids is 1. The second-order valence-corrected chi connectivity index (χ2v) is 4.71. The SMILES string of the molecule is O=C(O)C(=O)c1ccccc1-c1cccc2ccccc12. The number of hydrogen-bond acceptors (Lipinski definition) is 2. The minimum Gasteiger partial charge on any atom is -0.475 e. The van der Waals surface area contributed by atoms with E-state index in [2.05, 4.69) is 0 Å². The van der Waals surface area contributed by atoms with Crippen molar-refractivity contribution in [1.29, 1.82) is 0 Å². The quantitative estimate of drug-likeness (QED) is 0.585. The van der Waals surface area contributed by atoms with Gasteiger partial charge in [-0.25, -0.2) is 4.79 Å². The molecule has 1 N–H and O–H groups in total. The Morgan fingerprint density at radius 3 is 2.14 bits per heavy atom. The highest BCUT2D eigenvalue weighted by Crippen LogP contribution is 2.31. The van der Waals surface area contributed by atoms with Crippen LogP contribution in [0.4, 0.5) is 0 Å². The lowest BCUT2D eigenvalue weighted by Gasteiger charge is -2.10. The van der Waals surface area contributed by atoms with E-state index in [0.717, 1.165) is 16.3 Å². The van der Waals surface area contributed by atoms with E-state index in [1.165, 1.54) is 0 Å². The van der Waals surface area contributed by atoms with Gasteiger partial charge in [0.05, 0.1) is 0 Å². The van der Waals surface area contributed by atoms with Crippen LogP contribution in [-0.4, -0.2) is 16.9 Å². The molecule has 0 spiro atoms. The highest BCUT2D eigenvalue weighted by molar-refractivity contribution is 6.41. The normalized spacial score (nSPS) is 10.5. The molecule has 3 aromatic rings. The minimum atomic E-state index is -1.44. The van der Waals surface area contributed by atoms with Crippen molar-refractivity contribution in [2.24, 2.45) is 0 Å². The third-order valence-corrected chi connectivity index (χ3v) is 3.45. The molecule has 3 aromatic carbocycles. The van der Waals surface area contributed by atoms with Gasteiger partial charge in [0.2, 0.25) is 0 Å². The number of fused-ring (bicyclic) bond motifs is 1. The first-order valence-electron chi connectivity index (χ1n) is 6.53. The molecule has 3 heteroatoms. The maximum Gasteiger partial charge on any atom is 0.377 e. The van der Waals surface area contributed by atoms with Crippen molar-refractivity contribution >= 4 is 22.5 Å². The van der Waals surface area contributed by atoms with Crippen LogP contribution in [0.15, 0.2) is 66.7 Å². The minimum absolute atomic E-state index is 0.210. The molecule has 0 bridgehead atoms. The molecule has 0 amide bonds. The first kappa shape index (κ1) is 13.1. The van der Waals surface area contributed by atoms with Crippen molar-refractivity contribution < 1.29 is 14.7 Å². The number of carbonyl (C=O) groups is 2. The van der Waals surface area contributed by atoms with Gasteiger partial charge >= 0.3 is 5.97 Å². The van der Waals surface area contributed by atoms with Crippen molar-refractivity contribution in [3.8, 4) is 11.1 Å². The van der Waals surface area contributed by atoms with Gasteiger partial charge < -0.3 is 5.11 Å². The molecule has 102 valence electrons. The molecule has 0 atom stereocenters. The molecular weight excluding hydrogens is 264 g/mol. The Balaban J connectivity index is 2.29. The number of ketones is 1. The second-order valence-electron chi connectivity index (χ2n) is 4.71. The van der Waals surface area contributed by atoms with Crippen LogP contribution in [0.2, 0.25) is 0 Å². The summed E-state index contributed by atoms with van der Waals surface area (Å²) in [6.07, 6.45) is 0. The smallest absolute Gasteiger partial charge is 0.377 e. The van der Waals surface area contributed by atoms with Crippen molar-refractivity contribution in [2.75, 3.05) is 0 Å². The molecule has 0 saturated heterocycles. The number of carbonyl (C=O) groups excluding carboxylic acids is 1. The molecule has 3 rings (SSSR count). The van der Waals surface area contributed by atoms with Gasteiger partial charge in [0.15, 0.2) is 0 Å². The lowest BCUT2D eigenvalue weighted by Crippen LogP contribution is -2.13. The van der Waals surface area contributed by atoms with E-state index in [9.17, 15) is 9.59 Å². The number of hydrogen-bond donors (Lipinski definition) is 1. The fourth-order valence-corrected chi connectivity index (χ4v) is 2.49. The predicted molar refractivity (Wildman–Crippen MR) is 81.4 cm³/mol. The van der Waals surface area contributed by atoms with E-state index in [1.807, 2.05) is 42.5 Å². The third-order valence-electron chi connectivity index (χ3n) is 3.45. The Bertz CT molecular complexity index is 844. The highest BCUT2D eigenvalue weighted by atomic mass is 16.4. The van der Waals surface area contributed by atoms with Gasteiger partial charge in [-0.05, 0) is 21.9 Å². The van der Waals surface area contributed by atoms with Crippen LogP contribution in [0.3, 0.4) is 0 Å². The molecule has 0 unspecified atom stereocenters. The zero-order valence-electron chi connectivity index (χ0n) is 11.1. The summed E-state index contributed by atoms with van der Waals surface area (Å²) < 4.78 is 0. The van der Waals surface area contributed by atoms with Gasteiger partial charge in [-0.15, -0.1) is 0 Å². The van der Waals surface area contributed by atoms with E-state index >= 15 is 0 Å². The first-order valence-corrected chi connectivity index (χ1v) is 6.53. The summed E-state index contributed by atoms with van der Waals surface area (Å²) in [6, 6.07) is 20.4. The van der Waals surface area contributed by atoms with Gasteiger partial charge in [-0.3, -0.25) is 4.79 Å². The Hall–Kier alpha value is -2.94. The lowest BCUT2D eigenvalue weighted by atomic mass is 9.93. The van der Waals surface area contributed by atoms with Crippen molar-refractivity contribution in [3.05, 3.63) is 72.3 Å². The monoisotopic (exact) mass is 276 g/mol. The fraction of sp³-hybridized carbons (Fsp3) is 0. The Kier molecular flexibility index (Phi) is 3.24. The number of carboxylic acids is 1. The average Bonchev–Trinajstić information content (AvgIpc) is 2.53. The molecule has 0 aliphatic heterocycles. The molecule has 0 aliphatic rings. The van der Waals surface area contributed by atoms with E-state index in [4.69, 9.17) is 5.11 Å². The molecule has 0 aliphatic carbocycles. The topological polar surface area (TPSA) is 54.4 Å². The number of Topliss-reactive ketones (excluding diaryl/α,β-unsaturated/α-hetero) is 1. The highest BCUT2D eigenvalue weighted by Gasteiger charge is 2.19. The molecule has 21 heavy (non-hydrogen) atoms. The van der Waals surface area contributed by atoms with Crippen LogP contribution < -0.4 is 0 Å². The maximum absolute atomic E-state index is 11.9. The van der Waals surface area contributed by atoms with Gasteiger partial charge in [-0.2, -0.15) is 0 Å². The zero-order chi connectivity index (χ0) is 14.8. The largest absolute Gasteiger partial charge is 0.475 e. The standard InChI is InChI=1S/C18H12O3/c19-17(18(20)21)16-10-4-3-9-15(16)14-11-5-7-12-6-1-2-8-13(12)14/h1-11H,(H,20,21). The van der Waals surface area contributed by atoms with E-state index < -0.39 is 11.8 Å². The summed E-state index contributed by atoms with van der Waals surface area (Å²) in [7, 11) is 0. The zero-order valence-corrected chi connectivity index (χ0v) is 11.1. The first-order chi connectivity index (χ1) is 10.2. The average molecular weight is 276 g/mol. The van der Waals surface area contributed by atoms with Gasteiger partial charge in [0.1, 0.15) is 0 Å². The molecular formula is C18H12O3. The molecule has 0 heterocycles. The van der Waals surface area contributed by atoms with Crippen LogP contribution in [0.5, 0.6) is 0 Å². The van der Waals surface area contributed by atoms with Gasteiger partial charge in [-0.1, -0.05) is 66.7 Å². The Labute approximate surface area is 121 Å². The van der Waals surface area contributed by atoms with Crippen LogP contribution in [0, 0.1) is 0 Å². The number of carboxylic acid groups (broad SMARTS) is 1. The molecule has 3 nitrogen and oxygen atoms in total. The summed E-state index contributed by atoms with van der Waals surface area (Å²) in [4.78, 5) is 22.9. The fourth-order valence-electron chi connectivity index (χ4n) is 2.49. The third kappa shape index (κ3) is 2.30. The number of rotatable bonds is 3. The maximum atomic E-state index is 11.9. The molecule has 0 fully saturated rings. The van der Waals surface area contributed by atoms with Crippen molar-refractivity contribution in [1.82, 2.24) is 0 Å². The molecule has 0 saturated carbocycles. The van der Waals surface area contributed by atoms with E-state index in [1.54, 1.807) is 24.3 Å². The lowest BCUT2D eigenvalue weighted by molar-refractivity contribution is -0.131. The summed E-state index contributed by atoms with van der Waals surface area (Å²) in [5.74, 6) is -2.33. The van der Waals surface area contributed by atoms with E-state index in [-0.39, 0.29) is 5.56 Å².